The molecule has 0 saturated carbocycles. The minimum Gasteiger partial charge on any atom is -0.335 e. The maximum Gasteiger partial charge on any atom is 0.254 e. The summed E-state index contributed by atoms with van der Waals surface area (Å²) in [5.74, 6) is -1.38. The minimum absolute atomic E-state index is 0.0499. The van der Waals surface area contributed by atoms with Crippen LogP contribution in [0, 0.1) is 5.82 Å². The van der Waals surface area contributed by atoms with E-state index in [1.54, 1.807) is 25.2 Å². The zero-order valence-electron chi connectivity index (χ0n) is 14.9. The topological polar surface area (TPSA) is 66.5 Å². The molecule has 1 amide bonds. The molecule has 8 heteroatoms. The summed E-state index contributed by atoms with van der Waals surface area (Å²) in [6.45, 7) is 5.18. The molecule has 2 aromatic rings. The first-order chi connectivity index (χ1) is 12.7. The van der Waals surface area contributed by atoms with Crippen molar-refractivity contribution in [1.29, 1.82) is 0 Å². The van der Waals surface area contributed by atoms with E-state index in [4.69, 9.17) is 11.6 Å². The zero-order chi connectivity index (χ0) is 20.2. The molecular formula is C19H20ClFN2O3S. The van der Waals surface area contributed by atoms with Gasteiger partial charge in [0.15, 0.2) is 0 Å². The molecular weight excluding hydrogens is 391 g/mol. The smallest absolute Gasteiger partial charge is 0.254 e. The van der Waals surface area contributed by atoms with Crippen LogP contribution in [0.3, 0.4) is 0 Å². The van der Waals surface area contributed by atoms with E-state index in [1.165, 1.54) is 17.0 Å². The summed E-state index contributed by atoms with van der Waals surface area (Å²) in [7, 11) is -2.51. The lowest BCUT2D eigenvalue weighted by atomic mass is 10.1. The van der Waals surface area contributed by atoms with Crippen molar-refractivity contribution >= 4 is 27.5 Å². The fourth-order valence-electron chi connectivity index (χ4n) is 2.46. The second-order valence-electron chi connectivity index (χ2n) is 5.93. The third kappa shape index (κ3) is 4.94. The number of rotatable bonds is 7. The first-order valence-electron chi connectivity index (χ1n) is 8.10. The fourth-order valence-corrected chi connectivity index (χ4v) is 3.76. The maximum absolute atomic E-state index is 14.0. The van der Waals surface area contributed by atoms with E-state index in [0.29, 0.717) is 5.02 Å². The highest BCUT2D eigenvalue weighted by atomic mass is 35.5. The van der Waals surface area contributed by atoms with E-state index in [1.807, 2.05) is 13.0 Å². The van der Waals surface area contributed by atoms with E-state index in [9.17, 15) is 17.6 Å². The van der Waals surface area contributed by atoms with Crippen molar-refractivity contribution in [2.45, 2.75) is 17.9 Å². The van der Waals surface area contributed by atoms with Gasteiger partial charge in [0.25, 0.3) is 5.91 Å². The summed E-state index contributed by atoms with van der Waals surface area (Å²) in [5, 5.41) is 0.545. The molecule has 1 unspecified atom stereocenters. The van der Waals surface area contributed by atoms with Gasteiger partial charge in [-0.25, -0.2) is 17.5 Å². The molecule has 2 aromatic carbocycles. The lowest BCUT2D eigenvalue weighted by Gasteiger charge is -2.26. The van der Waals surface area contributed by atoms with Crippen LogP contribution in [0.15, 0.2) is 60.0 Å². The Morgan fingerprint density at radius 2 is 2.04 bits per heavy atom. The molecule has 0 aliphatic rings. The molecule has 27 heavy (non-hydrogen) atoms. The third-order valence-electron chi connectivity index (χ3n) is 4.12. The van der Waals surface area contributed by atoms with Crippen LogP contribution in [0.2, 0.25) is 5.02 Å². The standard InChI is InChI=1S/C19H20ClFN2O3S/c1-4-10-22-27(25,26)18-12-15(8-9-17(18)21)19(24)23(3)13(2)14-6-5-7-16(20)11-14/h4-9,11-13,22H,1,10H2,2-3H3. The molecule has 5 nitrogen and oxygen atoms in total. The second-order valence-corrected chi connectivity index (χ2v) is 8.10. The highest BCUT2D eigenvalue weighted by molar-refractivity contribution is 7.89. The molecule has 1 N–H and O–H groups in total. The van der Waals surface area contributed by atoms with Crippen molar-refractivity contribution in [3.05, 3.63) is 77.1 Å². The van der Waals surface area contributed by atoms with Crippen LogP contribution >= 0.6 is 11.6 Å². The minimum atomic E-state index is -4.10. The molecule has 0 fully saturated rings. The Labute approximate surface area is 163 Å². The summed E-state index contributed by atoms with van der Waals surface area (Å²) in [5.41, 5.74) is 0.882. The molecule has 0 radical (unpaired) electrons. The van der Waals surface area contributed by atoms with Crippen molar-refractivity contribution in [2.75, 3.05) is 13.6 Å². The van der Waals surface area contributed by atoms with Gasteiger partial charge in [-0.3, -0.25) is 4.79 Å². The number of amides is 1. The number of sulfonamides is 1. The Bertz CT molecular complexity index is 963. The average molecular weight is 411 g/mol. The summed E-state index contributed by atoms with van der Waals surface area (Å²) in [4.78, 5) is 13.6. The second kappa shape index (κ2) is 8.65. The predicted octanol–water partition coefficient (Wildman–Crippen LogP) is 3.78. The van der Waals surface area contributed by atoms with Gasteiger partial charge in [-0.05, 0) is 42.8 Å². The average Bonchev–Trinajstić information content (AvgIpc) is 2.65. The Morgan fingerprint density at radius 1 is 1.33 bits per heavy atom. The normalized spacial score (nSPS) is 12.4. The van der Waals surface area contributed by atoms with Gasteiger partial charge in [0.1, 0.15) is 10.7 Å². The number of halogens is 2. The Hall–Kier alpha value is -2.22. The lowest BCUT2D eigenvalue weighted by Crippen LogP contribution is -2.30. The SMILES string of the molecule is C=CCNS(=O)(=O)c1cc(C(=O)N(C)C(C)c2cccc(Cl)c2)ccc1F. The van der Waals surface area contributed by atoms with Crippen molar-refractivity contribution < 1.29 is 17.6 Å². The van der Waals surface area contributed by atoms with Gasteiger partial charge in [-0.1, -0.05) is 29.8 Å². The molecule has 0 bridgehead atoms. The number of carbonyl (C=O) groups excluding carboxylic acids is 1. The first kappa shape index (κ1) is 21.1. The molecule has 0 aromatic heterocycles. The number of hydrogen-bond acceptors (Lipinski definition) is 3. The van der Waals surface area contributed by atoms with Gasteiger partial charge < -0.3 is 4.90 Å². The largest absolute Gasteiger partial charge is 0.335 e. The fraction of sp³-hybridized carbons (Fsp3) is 0.211. The van der Waals surface area contributed by atoms with E-state index in [0.717, 1.165) is 17.7 Å². The van der Waals surface area contributed by atoms with Crippen molar-refractivity contribution in [1.82, 2.24) is 9.62 Å². The third-order valence-corrected chi connectivity index (χ3v) is 5.79. The van der Waals surface area contributed by atoms with Crippen molar-refractivity contribution in [2.24, 2.45) is 0 Å². The van der Waals surface area contributed by atoms with Gasteiger partial charge in [0.2, 0.25) is 10.0 Å². The number of hydrogen-bond donors (Lipinski definition) is 1. The number of benzene rings is 2. The van der Waals surface area contributed by atoms with Crippen LogP contribution in [-0.2, 0) is 10.0 Å². The molecule has 0 saturated heterocycles. The van der Waals surface area contributed by atoms with Gasteiger partial charge >= 0.3 is 0 Å². The Morgan fingerprint density at radius 3 is 2.67 bits per heavy atom. The number of carbonyl (C=O) groups is 1. The summed E-state index contributed by atoms with van der Waals surface area (Å²) >= 11 is 5.99. The quantitative estimate of drug-likeness (QED) is 0.706. The van der Waals surface area contributed by atoms with Crippen molar-refractivity contribution in [3.8, 4) is 0 Å². The molecule has 0 aliphatic carbocycles. The molecule has 2 rings (SSSR count). The monoisotopic (exact) mass is 410 g/mol. The first-order valence-corrected chi connectivity index (χ1v) is 9.96. The highest BCUT2D eigenvalue weighted by Crippen LogP contribution is 2.24. The van der Waals surface area contributed by atoms with Gasteiger partial charge in [0.05, 0.1) is 6.04 Å². The molecule has 0 aliphatic heterocycles. The Balaban J connectivity index is 2.33. The number of nitrogens with one attached hydrogen (secondary N) is 1. The van der Waals surface area contributed by atoms with Gasteiger partial charge in [0, 0.05) is 24.2 Å². The summed E-state index contributed by atoms with van der Waals surface area (Å²) in [6.07, 6.45) is 1.34. The van der Waals surface area contributed by atoms with Crippen molar-refractivity contribution in [3.63, 3.8) is 0 Å². The van der Waals surface area contributed by atoms with E-state index < -0.39 is 26.6 Å². The molecule has 0 spiro atoms. The molecule has 1 atom stereocenters. The van der Waals surface area contributed by atoms with Crippen LogP contribution in [0.5, 0.6) is 0 Å². The van der Waals surface area contributed by atoms with E-state index in [2.05, 4.69) is 11.3 Å². The lowest BCUT2D eigenvalue weighted by molar-refractivity contribution is 0.0742. The number of nitrogens with zero attached hydrogens (tertiary/aromatic N) is 1. The van der Waals surface area contributed by atoms with Crippen LogP contribution in [0.4, 0.5) is 4.39 Å². The van der Waals surface area contributed by atoms with Crippen LogP contribution in [0.1, 0.15) is 28.9 Å². The summed E-state index contributed by atoms with van der Waals surface area (Å²) < 4.78 is 40.7. The van der Waals surface area contributed by atoms with Crippen LogP contribution in [-0.4, -0.2) is 32.8 Å². The molecule has 0 heterocycles. The van der Waals surface area contributed by atoms with Gasteiger partial charge in [-0.15, -0.1) is 6.58 Å². The zero-order valence-corrected chi connectivity index (χ0v) is 16.5. The van der Waals surface area contributed by atoms with E-state index in [-0.39, 0.29) is 18.2 Å². The highest BCUT2D eigenvalue weighted by Gasteiger charge is 2.24. The predicted molar refractivity (Wildman–Crippen MR) is 104 cm³/mol. The van der Waals surface area contributed by atoms with Gasteiger partial charge in [-0.2, -0.15) is 0 Å². The maximum atomic E-state index is 14.0. The van der Waals surface area contributed by atoms with Crippen LogP contribution < -0.4 is 4.72 Å². The Kier molecular flexibility index (Phi) is 6.75. The van der Waals surface area contributed by atoms with E-state index >= 15 is 0 Å². The van der Waals surface area contributed by atoms with Crippen LogP contribution in [0.25, 0.3) is 0 Å². The summed E-state index contributed by atoms with van der Waals surface area (Å²) in [6, 6.07) is 10.0. The molecule has 144 valence electrons.